The van der Waals surface area contributed by atoms with Crippen molar-refractivity contribution in [1.29, 1.82) is 0 Å². The van der Waals surface area contributed by atoms with Crippen molar-refractivity contribution in [2.75, 3.05) is 10.6 Å². The number of nitrogens with zero attached hydrogens (tertiary/aromatic N) is 1. The van der Waals surface area contributed by atoms with Gasteiger partial charge in [0.05, 0.1) is 5.69 Å². The summed E-state index contributed by atoms with van der Waals surface area (Å²) in [7, 11) is 0. The van der Waals surface area contributed by atoms with Crippen LogP contribution in [0.15, 0.2) is 30.3 Å². The van der Waals surface area contributed by atoms with Crippen LogP contribution >= 0.6 is 11.3 Å². The normalized spacial score (nSPS) is 16.3. The van der Waals surface area contributed by atoms with Crippen molar-refractivity contribution in [2.24, 2.45) is 5.92 Å². The molecule has 0 aliphatic heterocycles. The van der Waals surface area contributed by atoms with Gasteiger partial charge < -0.3 is 5.32 Å². The number of hydrogen-bond acceptors (Lipinski definition) is 4. The second kappa shape index (κ2) is 8.27. The zero-order valence-electron chi connectivity index (χ0n) is 15.0. The summed E-state index contributed by atoms with van der Waals surface area (Å²) in [5.74, 6) is 0.449. The van der Waals surface area contributed by atoms with Gasteiger partial charge >= 0.3 is 0 Å². The van der Waals surface area contributed by atoms with Crippen LogP contribution in [0.4, 0.5) is 10.8 Å². The van der Waals surface area contributed by atoms with Gasteiger partial charge in [0.25, 0.3) is 0 Å². The molecule has 1 aromatic carbocycles. The molecule has 2 aromatic rings. The lowest BCUT2D eigenvalue weighted by atomic mass is 9.89. The lowest BCUT2D eigenvalue weighted by molar-refractivity contribution is -0.114. The predicted octanol–water partition coefficient (Wildman–Crippen LogP) is 4.27. The van der Waals surface area contributed by atoms with Gasteiger partial charge in [-0.25, -0.2) is 4.98 Å². The lowest BCUT2D eigenvalue weighted by Crippen LogP contribution is -2.11. The Hall–Kier alpha value is -2.47. The quantitative estimate of drug-likeness (QED) is 0.773. The van der Waals surface area contributed by atoms with Crippen LogP contribution in [-0.4, -0.2) is 16.8 Å². The van der Waals surface area contributed by atoms with Gasteiger partial charge in [-0.2, -0.15) is 0 Å². The number of nitrogens with one attached hydrogen (secondary N) is 2. The molecule has 26 heavy (non-hydrogen) atoms. The number of carbonyl (C=O) groups is 2. The van der Waals surface area contributed by atoms with Gasteiger partial charge in [0.15, 0.2) is 5.13 Å². The van der Waals surface area contributed by atoms with Crippen LogP contribution in [0.25, 0.3) is 6.08 Å². The molecule has 1 atom stereocenters. The molecule has 6 heteroatoms. The molecule has 0 saturated carbocycles. The monoisotopic (exact) mass is 369 g/mol. The average molecular weight is 369 g/mol. The molecule has 0 spiro atoms. The molecule has 3 rings (SSSR count). The summed E-state index contributed by atoms with van der Waals surface area (Å²) in [6, 6.07) is 7.31. The maximum Gasteiger partial charge on any atom is 0.250 e. The first kappa shape index (κ1) is 18.3. The fourth-order valence-electron chi connectivity index (χ4n) is 3.04. The Bertz CT molecular complexity index is 824. The SMILES string of the molecule is CCC1CCc2nc(NC(=O)/C=C/c3ccc(NC(C)=O)cc3)sc2C1. The number of aromatic nitrogens is 1. The maximum absolute atomic E-state index is 12.1. The molecule has 1 unspecified atom stereocenters. The van der Waals surface area contributed by atoms with Crippen LogP contribution in [0.2, 0.25) is 0 Å². The van der Waals surface area contributed by atoms with Gasteiger partial charge in [0, 0.05) is 23.6 Å². The third-order valence-corrected chi connectivity index (χ3v) is 5.54. The second-order valence-electron chi connectivity index (χ2n) is 6.53. The predicted molar refractivity (Wildman–Crippen MR) is 106 cm³/mol. The zero-order valence-corrected chi connectivity index (χ0v) is 15.9. The van der Waals surface area contributed by atoms with Gasteiger partial charge in [-0.1, -0.05) is 25.5 Å². The Morgan fingerprint density at radius 1 is 1.27 bits per heavy atom. The Balaban J connectivity index is 1.58. The molecule has 0 saturated heterocycles. The largest absolute Gasteiger partial charge is 0.326 e. The third kappa shape index (κ3) is 4.79. The molecule has 0 fully saturated rings. The molecule has 1 aliphatic carbocycles. The summed E-state index contributed by atoms with van der Waals surface area (Å²) in [6.45, 7) is 3.70. The first-order valence-corrected chi connectivity index (χ1v) is 9.70. The number of hydrogen-bond donors (Lipinski definition) is 2. The van der Waals surface area contributed by atoms with E-state index < -0.39 is 0 Å². The third-order valence-electron chi connectivity index (χ3n) is 4.51. The first-order valence-electron chi connectivity index (χ1n) is 8.88. The van der Waals surface area contributed by atoms with Crippen molar-refractivity contribution in [2.45, 2.75) is 39.5 Å². The minimum Gasteiger partial charge on any atom is -0.326 e. The van der Waals surface area contributed by atoms with Crippen molar-refractivity contribution >= 4 is 40.0 Å². The smallest absolute Gasteiger partial charge is 0.250 e. The highest BCUT2D eigenvalue weighted by Crippen LogP contribution is 2.33. The van der Waals surface area contributed by atoms with Crippen molar-refractivity contribution in [1.82, 2.24) is 4.98 Å². The number of carbonyl (C=O) groups excluding carboxylic acids is 2. The number of anilines is 2. The number of thiazole rings is 1. The molecule has 2 amide bonds. The van der Waals surface area contributed by atoms with Crippen LogP contribution in [0.1, 0.15) is 42.8 Å². The number of amides is 2. The van der Waals surface area contributed by atoms with Crippen molar-refractivity contribution in [3.05, 3.63) is 46.5 Å². The number of benzene rings is 1. The van der Waals surface area contributed by atoms with Gasteiger partial charge in [-0.15, -0.1) is 11.3 Å². The van der Waals surface area contributed by atoms with Crippen LogP contribution in [-0.2, 0) is 22.4 Å². The highest BCUT2D eigenvalue weighted by atomic mass is 32.1. The summed E-state index contributed by atoms with van der Waals surface area (Å²) >= 11 is 1.59. The van der Waals surface area contributed by atoms with Crippen molar-refractivity contribution < 1.29 is 9.59 Å². The standard InChI is InChI=1S/C20H23N3O2S/c1-3-14-6-10-17-18(12-14)26-20(22-17)23-19(25)11-7-15-4-8-16(9-5-15)21-13(2)24/h4-5,7-9,11,14H,3,6,10,12H2,1-2H3,(H,21,24)(H,22,23,25)/b11-7+. The van der Waals surface area contributed by atoms with E-state index in [1.807, 2.05) is 12.1 Å². The van der Waals surface area contributed by atoms with Crippen molar-refractivity contribution in [3.63, 3.8) is 0 Å². The minimum absolute atomic E-state index is 0.107. The van der Waals surface area contributed by atoms with E-state index in [1.165, 1.54) is 30.7 Å². The summed E-state index contributed by atoms with van der Waals surface area (Å²) < 4.78 is 0. The summed E-state index contributed by atoms with van der Waals surface area (Å²) in [5, 5.41) is 6.26. The van der Waals surface area contributed by atoms with Gasteiger partial charge in [0.1, 0.15) is 0 Å². The molecule has 1 aliphatic rings. The fraction of sp³-hybridized carbons (Fsp3) is 0.350. The van der Waals surface area contributed by atoms with E-state index in [0.29, 0.717) is 5.13 Å². The Kier molecular flexibility index (Phi) is 5.83. The number of aryl methyl sites for hydroxylation is 1. The highest BCUT2D eigenvalue weighted by molar-refractivity contribution is 7.15. The molecular formula is C20H23N3O2S. The highest BCUT2D eigenvalue weighted by Gasteiger charge is 2.21. The van der Waals surface area contributed by atoms with E-state index in [-0.39, 0.29) is 11.8 Å². The fourth-order valence-corrected chi connectivity index (χ4v) is 4.17. The second-order valence-corrected chi connectivity index (χ2v) is 7.62. The zero-order chi connectivity index (χ0) is 18.5. The molecule has 0 radical (unpaired) electrons. The Labute approximate surface area is 157 Å². The molecule has 1 aromatic heterocycles. The van der Waals surface area contributed by atoms with Crippen LogP contribution in [0.5, 0.6) is 0 Å². The van der Waals surface area contributed by atoms with E-state index in [4.69, 9.17) is 0 Å². The van der Waals surface area contributed by atoms with Gasteiger partial charge in [-0.05, 0) is 49.0 Å². The van der Waals surface area contributed by atoms with Gasteiger partial charge in [-0.3, -0.25) is 14.9 Å². The number of fused-ring (bicyclic) bond motifs is 1. The molecule has 5 nitrogen and oxygen atoms in total. The van der Waals surface area contributed by atoms with Crippen molar-refractivity contribution in [3.8, 4) is 0 Å². The molecular weight excluding hydrogens is 346 g/mol. The molecule has 1 heterocycles. The summed E-state index contributed by atoms with van der Waals surface area (Å²) in [4.78, 5) is 29.0. The number of rotatable bonds is 5. The summed E-state index contributed by atoms with van der Waals surface area (Å²) in [5.41, 5.74) is 2.77. The Morgan fingerprint density at radius 3 is 2.73 bits per heavy atom. The lowest BCUT2D eigenvalue weighted by Gasteiger charge is -2.18. The minimum atomic E-state index is -0.186. The summed E-state index contributed by atoms with van der Waals surface area (Å²) in [6.07, 6.45) is 7.72. The maximum atomic E-state index is 12.1. The van der Waals surface area contributed by atoms with E-state index in [0.717, 1.165) is 35.7 Å². The molecule has 0 bridgehead atoms. The van der Waals surface area contributed by atoms with E-state index in [2.05, 4.69) is 22.5 Å². The van der Waals surface area contributed by atoms with Crippen LogP contribution < -0.4 is 10.6 Å². The van der Waals surface area contributed by atoms with Crippen LogP contribution in [0, 0.1) is 5.92 Å². The molecule has 2 N–H and O–H groups in total. The van der Waals surface area contributed by atoms with Gasteiger partial charge in [0.2, 0.25) is 11.8 Å². The van der Waals surface area contributed by atoms with E-state index in [1.54, 1.807) is 29.5 Å². The van der Waals surface area contributed by atoms with Crippen LogP contribution in [0.3, 0.4) is 0 Å². The topological polar surface area (TPSA) is 71.1 Å². The molecule has 136 valence electrons. The van der Waals surface area contributed by atoms with E-state index in [9.17, 15) is 9.59 Å². The Morgan fingerprint density at radius 2 is 2.04 bits per heavy atom. The first-order chi connectivity index (χ1) is 12.5. The average Bonchev–Trinajstić information content (AvgIpc) is 3.01. The van der Waals surface area contributed by atoms with E-state index >= 15 is 0 Å².